The molecule has 3 aromatic rings. The lowest BCUT2D eigenvalue weighted by molar-refractivity contribution is -0.0544. The van der Waals surface area contributed by atoms with Crippen LogP contribution in [0.25, 0.3) is 22.2 Å². The van der Waals surface area contributed by atoms with Crippen LogP contribution >= 0.6 is 0 Å². The molecule has 0 aliphatic carbocycles. The molecule has 0 radical (unpaired) electrons. The highest BCUT2D eigenvalue weighted by Gasteiger charge is 2.15. The summed E-state index contributed by atoms with van der Waals surface area (Å²) in [6.07, 6.45) is 2.02. The number of nitrogens with zero attached hydrogens (tertiary/aromatic N) is 4. The van der Waals surface area contributed by atoms with Gasteiger partial charge >= 0.3 is 6.09 Å². The fraction of sp³-hybridized carbons (Fsp3) is 0.200. The van der Waals surface area contributed by atoms with Gasteiger partial charge in [-0.15, -0.1) is 0 Å². The summed E-state index contributed by atoms with van der Waals surface area (Å²) in [6, 6.07) is 3.48. The van der Waals surface area contributed by atoms with Crippen LogP contribution < -0.4 is 10.1 Å². The first-order valence-corrected chi connectivity index (χ1v) is 6.96. The van der Waals surface area contributed by atoms with E-state index >= 15 is 0 Å². The lowest BCUT2D eigenvalue weighted by Gasteiger charge is -2.08. The van der Waals surface area contributed by atoms with Crippen LogP contribution in [0.5, 0.6) is 5.88 Å². The molecule has 0 saturated heterocycles. The zero-order chi connectivity index (χ0) is 17.3. The van der Waals surface area contributed by atoms with Gasteiger partial charge in [0, 0.05) is 23.2 Å². The van der Waals surface area contributed by atoms with Crippen molar-refractivity contribution >= 4 is 22.8 Å². The molecule has 1 N–H and O–H groups in total. The van der Waals surface area contributed by atoms with E-state index in [2.05, 4.69) is 25.2 Å². The summed E-state index contributed by atoms with van der Waals surface area (Å²) in [4.78, 5) is 26.6. The molecule has 8 nitrogen and oxygen atoms in total. The summed E-state index contributed by atoms with van der Waals surface area (Å²) in [6.45, 7) is 1.78. The lowest BCUT2D eigenvalue weighted by atomic mass is 10.2. The van der Waals surface area contributed by atoms with Gasteiger partial charge in [-0.05, 0) is 19.1 Å². The number of pyridine rings is 1. The Balaban J connectivity index is 2.10. The summed E-state index contributed by atoms with van der Waals surface area (Å²) < 4.78 is 19.0. The van der Waals surface area contributed by atoms with Crippen LogP contribution in [-0.2, 0) is 12.0 Å². The van der Waals surface area contributed by atoms with E-state index in [4.69, 9.17) is 4.74 Å². The van der Waals surface area contributed by atoms with Crippen molar-refractivity contribution in [3.8, 4) is 17.1 Å². The number of carbonyl (C=O) groups excluding carboxylic acids is 1. The highest BCUT2D eigenvalue weighted by atomic mass is 19.3. The Kier molecular flexibility index (Phi) is 3.98. The summed E-state index contributed by atoms with van der Waals surface area (Å²) in [7, 11) is 3.40. The molecule has 9 heteroatoms. The molecular weight excluding hydrogens is 317 g/mol. The summed E-state index contributed by atoms with van der Waals surface area (Å²) in [5.74, 6) is 1.24. The first kappa shape index (κ1) is 15.7. The van der Waals surface area contributed by atoms with Crippen LogP contribution in [0.2, 0.25) is 0 Å². The summed E-state index contributed by atoms with van der Waals surface area (Å²) >= 11 is 0. The van der Waals surface area contributed by atoms with Crippen LogP contribution in [0.4, 0.5) is 15.1 Å². The van der Waals surface area contributed by atoms with Gasteiger partial charge in [-0.3, -0.25) is 5.32 Å². The smallest absolute Gasteiger partial charge is 0.450 e. The number of halogens is 1. The monoisotopic (exact) mass is 331 g/mol. The predicted molar refractivity (Wildman–Crippen MR) is 84.2 cm³/mol. The number of aryl methyl sites for hydroxylation is 2. The molecule has 0 bridgehead atoms. The number of rotatable bonds is 3. The van der Waals surface area contributed by atoms with Crippen molar-refractivity contribution in [1.82, 2.24) is 19.5 Å². The largest absolute Gasteiger partial charge is 0.480 e. The Hall–Kier alpha value is -3.23. The number of ether oxygens (including phenoxy) is 1. The third-order valence-electron chi connectivity index (χ3n) is 3.57. The van der Waals surface area contributed by atoms with Gasteiger partial charge in [-0.2, -0.15) is 4.98 Å². The van der Waals surface area contributed by atoms with Crippen molar-refractivity contribution < 1.29 is 19.0 Å². The number of nitrogens with one attached hydrogen (secondary N) is 1. The molecule has 0 aromatic carbocycles. The topological polar surface area (TPSA) is 91.2 Å². The molecular formula is C15H14FN5O3. The molecule has 0 fully saturated rings. The van der Waals surface area contributed by atoms with E-state index in [1.165, 1.54) is 0 Å². The molecule has 1 amide bonds. The Morgan fingerprint density at radius 3 is 2.79 bits per heavy atom. The quantitative estimate of drug-likeness (QED) is 0.793. The van der Waals surface area contributed by atoms with Crippen LogP contribution in [0.1, 0.15) is 5.82 Å². The average molecular weight is 331 g/mol. The molecule has 0 aliphatic heterocycles. The number of fused-ring (bicyclic) bond motifs is 1. The Bertz CT molecular complexity index is 925. The molecule has 0 aliphatic rings. The van der Waals surface area contributed by atoms with E-state index in [9.17, 15) is 9.32 Å². The second kappa shape index (κ2) is 6.11. The number of hydrogen-bond acceptors (Lipinski definition) is 6. The number of anilines is 1. The standard InChI is InChI=1S/C15H14FN5O3/c1-8-17-6-10(14(19-8)23-3)11-4-9-5-13(20-15(22)24-16)18-7-12(9)21(11)2/h4-7H,1-3H3,(H,18,20,22). The fourth-order valence-electron chi connectivity index (χ4n) is 2.46. The Morgan fingerprint density at radius 1 is 1.29 bits per heavy atom. The molecule has 0 saturated carbocycles. The lowest BCUT2D eigenvalue weighted by Crippen LogP contribution is -2.10. The van der Waals surface area contributed by atoms with Crippen LogP contribution in [0.15, 0.2) is 24.5 Å². The van der Waals surface area contributed by atoms with Crippen molar-refractivity contribution in [3.63, 3.8) is 0 Å². The van der Waals surface area contributed by atoms with Gasteiger partial charge in [-0.1, -0.05) is 0 Å². The molecule has 3 aromatic heterocycles. The SMILES string of the molecule is COc1nc(C)ncc1-c1cc2cc(NC(=O)OF)ncc2n1C. The van der Waals surface area contributed by atoms with E-state index in [0.717, 1.165) is 22.2 Å². The van der Waals surface area contributed by atoms with E-state index in [-0.39, 0.29) is 5.82 Å². The van der Waals surface area contributed by atoms with Gasteiger partial charge in [0.25, 0.3) is 0 Å². The minimum Gasteiger partial charge on any atom is -0.480 e. The third-order valence-corrected chi connectivity index (χ3v) is 3.57. The molecule has 0 atom stereocenters. The minimum absolute atomic E-state index is 0.175. The summed E-state index contributed by atoms with van der Waals surface area (Å²) in [5.41, 5.74) is 2.35. The molecule has 0 unspecified atom stereocenters. The van der Waals surface area contributed by atoms with E-state index < -0.39 is 6.09 Å². The van der Waals surface area contributed by atoms with E-state index in [0.29, 0.717) is 11.7 Å². The molecule has 0 spiro atoms. The second-order valence-corrected chi connectivity index (χ2v) is 5.05. The molecule has 3 heterocycles. The van der Waals surface area contributed by atoms with Crippen LogP contribution in [-0.4, -0.2) is 32.7 Å². The maximum atomic E-state index is 11.8. The average Bonchev–Trinajstić information content (AvgIpc) is 2.90. The highest BCUT2D eigenvalue weighted by Crippen LogP contribution is 2.32. The van der Waals surface area contributed by atoms with Crippen LogP contribution in [0, 0.1) is 6.92 Å². The maximum absolute atomic E-state index is 11.8. The van der Waals surface area contributed by atoms with Crippen LogP contribution in [0.3, 0.4) is 0 Å². The number of methoxy groups -OCH3 is 1. The van der Waals surface area contributed by atoms with E-state index in [1.807, 2.05) is 17.7 Å². The van der Waals surface area contributed by atoms with Gasteiger partial charge in [-0.25, -0.2) is 19.7 Å². The fourth-order valence-corrected chi connectivity index (χ4v) is 2.46. The summed E-state index contributed by atoms with van der Waals surface area (Å²) in [5, 5.41) is 2.97. The van der Waals surface area contributed by atoms with Gasteiger partial charge in [0.05, 0.1) is 30.1 Å². The van der Waals surface area contributed by atoms with Gasteiger partial charge < -0.3 is 9.30 Å². The van der Waals surface area contributed by atoms with Gasteiger partial charge in [0.1, 0.15) is 11.6 Å². The van der Waals surface area contributed by atoms with Crippen molar-refractivity contribution in [3.05, 3.63) is 30.4 Å². The number of hydrogen-bond donors (Lipinski definition) is 1. The third kappa shape index (κ3) is 2.71. The van der Waals surface area contributed by atoms with Crippen molar-refractivity contribution in [2.24, 2.45) is 7.05 Å². The Labute approximate surface area is 136 Å². The van der Waals surface area contributed by atoms with E-state index in [1.54, 1.807) is 32.5 Å². The molecule has 124 valence electrons. The highest BCUT2D eigenvalue weighted by molar-refractivity contribution is 5.91. The first-order chi connectivity index (χ1) is 11.5. The van der Waals surface area contributed by atoms with Crippen molar-refractivity contribution in [2.45, 2.75) is 6.92 Å². The first-order valence-electron chi connectivity index (χ1n) is 6.96. The molecule has 24 heavy (non-hydrogen) atoms. The second-order valence-electron chi connectivity index (χ2n) is 5.05. The zero-order valence-corrected chi connectivity index (χ0v) is 13.2. The number of carbonyl (C=O) groups is 1. The predicted octanol–water partition coefficient (Wildman–Crippen LogP) is 2.78. The zero-order valence-electron chi connectivity index (χ0n) is 13.2. The van der Waals surface area contributed by atoms with Crippen molar-refractivity contribution in [1.29, 1.82) is 0 Å². The van der Waals surface area contributed by atoms with Gasteiger partial charge in [0.15, 0.2) is 0 Å². The Morgan fingerprint density at radius 2 is 2.08 bits per heavy atom. The van der Waals surface area contributed by atoms with Crippen molar-refractivity contribution in [2.75, 3.05) is 12.4 Å². The maximum Gasteiger partial charge on any atom is 0.450 e. The number of aromatic nitrogens is 4. The minimum atomic E-state index is -1.23. The number of amides is 1. The van der Waals surface area contributed by atoms with Gasteiger partial charge in [0.2, 0.25) is 5.88 Å². The normalized spacial score (nSPS) is 10.7. The molecule has 3 rings (SSSR count).